The maximum Gasteiger partial charge on any atom is 0.248 e. The third-order valence-electron chi connectivity index (χ3n) is 9.04. The van der Waals surface area contributed by atoms with Gasteiger partial charge in [-0.2, -0.15) is 5.26 Å². The molecule has 214 valence electrons. The highest BCUT2D eigenvalue weighted by Crippen LogP contribution is 2.48. The summed E-state index contributed by atoms with van der Waals surface area (Å²) in [6.45, 7) is 0.861. The smallest absolute Gasteiger partial charge is 0.248 e. The van der Waals surface area contributed by atoms with Crippen LogP contribution in [0.25, 0.3) is 11.3 Å². The van der Waals surface area contributed by atoms with Crippen molar-refractivity contribution in [1.29, 1.82) is 5.26 Å². The minimum Gasteiger partial charge on any atom is -0.444 e. The molecule has 8 nitrogen and oxygen atoms in total. The van der Waals surface area contributed by atoms with Crippen molar-refractivity contribution < 1.29 is 26.4 Å². The van der Waals surface area contributed by atoms with Crippen molar-refractivity contribution in [2.45, 2.75) is 81.1 Å². The molecule has 1 aliphatic heterocycles. The quantitative estimate of drug-likeness (QED) is 0.522. The van der Waals surface area contributed by atoms with Gasteiger partial charge in [-0.3, -0.25) is 4.79 Å². The number of sulfone groups is 1. The van der Waals surface area contributed by atoms with Crippen LogP contribution in [0.1, 0.15) is 81.3 Å². The molecule has 1 aromatic carbocycles. The second kappa shape index (κ2) is 10.1. The Morgan fingerprint density at radius 2 is 1.77 bits per heavy atom. The number of hydrogen-bond acceptors (Lipinski definition) is 7. The van der Waals surface area contributed by atoms with Gasteiger partial charge < -0.3 is 14.6 Å². The van der Waals surface area contributed by atoms with Crippen molar-refractivity contribution in [2.75, 3.05) is 29.5 Å². The molecule has 2 heterocycles. The number of hydrogen-bond donors (Lipinski definition) is 1. The van der Waals surface area contributed by atoms with Gasteiger partial charge in [0.25, 0.3) is 0 Å². The summed E-state index contributed by atoms with van der Waals surface area (Å²) in [5.74, 6) is -2.95. The van der Waals surface area contributed by atoms with Gasteiger partial charge in [0.1, 0.15) is 17.0 Å². The van der Waals surface area contributed by atoms with Crippen LogP contribution in [0.2, 0.25) is 0 Å². The van der Waals surface area contributed by atoms with Crippen molar-refractivity contribution in [3.8, 4) is 17.3 Å². The highest BCUT2D eigenvalue weighted by Gasteiger charge is 2.48. The van der Waals surface area contributed by atoms with Gasteiger partial charge >= 0.3 is 0 Å². The lowest BCUT2D eigenvalue weighted by molar-refractivity contribution is -0.127. The Morgan fingerprint density at radius 3 is 2.40 bits per heavy atom. The van der Waals surface area contributed by atoms with Crippen molar-refractivity contribution in [3.05, 3.63) is 35.9 Å². The third-order valence-corrected chi connectivity index (χ3v) is 10.6. The summed E-state index contributed by atoms with van der Waals surface area (Å²) in [5, 5.41) is 12.5. The van der Waals surface area contributed by atoms with Crippen LogP contribution in [0.5, 0.6) is 0 Å². The molecule has 1 unspecified atom stereocenters. The Morgan fingerprint density at radius 1 is 1.07 bits per heavy atom. The van der Waals surface area contributed by atoms with Crippen LogP contribution in [-0.4, -0.2) is 55.4 Å². The lowest BCUT2D eigenvalue weighted by Gasteiger charge is -2.30. The summed E-state index contributed by atoms with van der Waals surface area (Å²) in [5.41, 5.74) is 1.47. The second-order valence-electron chi connectivity index (χ2n) is 11.9. The van der Waals surface area contributed by atoms with E-state index in [4.69, 9.17) is 9.40 Å². The van der Waals surface area contributed by atoms with Gasteiger partial charge in [0, 0.05) is 54.9 Å². The van der Waals surface area contributed by atoms with E-state index in [1.807, 2.05) is 29.2 Å². The summed E-state index contributed by atoms with van der Waals surface area (Å²) < 4.78 is 58.2. The van der Waals surface area contributed by atoms with E-state index in [2.05, 4.69) is 11.4 Å². The number of nitriles is 1. The van der Waals surface area contributed by atoms with E-state index in [9.17, 15) is 27.3 Å². The normalized spacial score (nSPS) is 28.5. The van der Waals surface area contributed by atoms with Gasteiger partial charge in [0.2, 0.25) is 11.8 Å². The van der Waals surface area contributed by atoms with Crippen molar-refractivity contribution >= 4 is 21.4 Å². The van der Waals surface area contributed by atoms with Crippen LogP contribution >= 0.6 is 0 Å². The number of anilines is 1. The first-order valence-corrected chi connectivity index (χ1v) is 16.1. The first-order chi connectivity index (χ1) is 19.1. The van der Waals surface area contributed by atoms with Crippen LogP contribution in [0, 0.1) is 17.2 Å². The minimum absolute atomic E-state index is 0.121. The molecule has 1 N–H and O–H groups in total. The molecule has 1 aromatic heterocycles. The number of alkyl halides is 2. The number of halogens is 2. The highest BCUT2D eigenvalue weighted by atomic mass is 32.2. The SMILES string of the molecule is N#CC1(NC(=O)[C@@H]2CCCC[C@H]2c2oc(C3CCC(F)(F)C3)nc2-c2ccc(N3CCS(=O)(=O)CC3)cc2)CC1. The molecular weight excluding hydrogens is 538 g/mol. The van der Waals surface area contributed by atoms with E-state index in [0.717, 1.165) is 24.1 Å². The van der Waals surface area contributed by atoms with E-state index in [0.29, 0.717) is 62.5 Å². The van der Waals surface area contributed by atoms with Gasteiger partial charge in [-0.25, -0.2) is 22.2 Å². The maximum absolute atomic E-state index is 14.1. The van der Waals surface area contributed by atoms with Crippen LogP contribution in [0.3, 0.4) is 0 Å². The molecule has 6 rings (SSSR count). The Kier molecular flexibility index (Phi) is 6.88. The molecule has 2 aromatic rings. The number of aromatic nitrogens is 1. The summed E-state index contributed by atoms with van der Waals surface area (Å²) in [6, 6.07) is 9.87. The van der Waals surface area contributed by atoms with Crippen LogP contribution < -0.4 is 10.2 Å². The molecule has 0 spiro atoms. The zero-order valence-electron chi connectivity index (χ0n) is 22.4. The fourth-order valence-corrected chi connectivity index (χ4v) is 7.62. The fourth-order valence-electron chi connectivity index (χ4n) is 6.42. The molecule has 3 atom stereocenters. The largest absolute Gasteiger partial charge is 0.444 e. The number of carbonyl (C=O) groups is 1. The molecule has 4 aliphatic rings. The van der Waals surface area contributed by atoms with Gasteiger partial charge in [-0.05, 0) is 44.2 Å². The number of benzene rings is 1. The molecular formula is C29H34F2N4O4S. The molecule has 4 fully saturated rings. The minimum atomic E-state index is -3.00. The third kappa shape index (κ3) is 5.47. The molecule has 3 saturated carbocycles. The zero-order valence-corrected chi connectivity index (χ0v) is 23.2. The fraction of sp³-hybridized carbons (Fsp3) is 0.621. The topological polar surface area (TPSA) is 116 Å². The van der Waals surface area contributed by atoms with E-state index in [1.165, 1.54) is 0 Å². The van der Waals surface area contributed by atoms with Crippen molar-refractivity contribution in [1.82, 2.24) is 10.3 Å². The Labute approximate surface area is 233 Å². The van der Waals surface area contributed by atoms with Gasteiger partial charge in [0.05, 0.1) is 17.6 Å². The van der Waals surface area contributed by atoms with Crippen molar-refractivity contribution in [3.63, 3.8) is 0 Å². The summed E-state index contributed by atoms with van der Waals surface area (Å²) in [6.07, 6.45) is 4.25. The number of carbonyl (C=O) groups excluding carboxylic acids is 1. The number of rotatable bonds is 6. The van der Waals surface area contributed by atoms with E-state index in [1.54, 1.807) is 0 Å². The van der Waals surface area contributed by atoms with Gasteiger partial charge in [-0.1, -0.05) is 25.0 Å². The van der Waals surface area contributed by atoms with E-state index < -0.39 is 33.1 Å². The molecule has 0 radical (unpaired) electrons. The molecule has 1 saturated heterocycles. The first-order valence-electron chi connectivity index (χ1n) is 14.2. The van der Waals surface area contributed by atoms with E-state index >= 15 is 0 Å². The highest BCUT2D eigenvalue weighted by molar-refractivity contribution is 7.91. The van der Waals surface area contributed by atoms with Gasteiger partial charge in [-0.15, -0.1) is 0 Å². The summed E-state index contributed by atoms with van der Waals surface area (Å²) in [7, 11) is -3.00. The molecule has 40 heavy (non-hydrogen) atoms. The Bertz CT molecular complexity index is 1410. The lowest BCUT2D eigenvalue weighted by Crippen LogP contribution is -2.42. The summed E-state index contributed by atoms with van der Waals surface area (Å²) in [4.78, 5) is 20.2. The predicted octanol–water partition coefficient (Wildman–Crippen LogP) is 4.93. The standard InChI is InChI=1S/C29H34F2N4O4S/c30-29(31)10-9-20(17-29)27-33-24(19-5-7-21(8-6-19)35-13-15-40(37,38)16-14-35)25(39-27)22-3-1-2-4-23(22)26(36)34-28(18-32)11-12-28/h5-8,20,22-23H,1-4,9-17H2,(H,34,36)/t20?,22-,23-/m1/s1. The van der Waals surface area contributed by atoms with Crippen LogP contribution in [-0.2, 0) is 14.6 Å². The average Bonchev–Trinajstić information content (AvgIpc) is 3.41. The molecule has 11 heteroatoms. The maximum atomic E-state index is 14.1. The first kappa shape index (κ1) is 27.2. The van der Waals surface area contributed by atoms with Crippen LogP contribution in [0.15, 0.2) is 28.7 Å². The second-order valence-corrected chi connectivity index (χ2v) is 14.2. The molecule has 1 amide bonds. The molecule has 0 bridgehead atoms. The number of amides is 1. The summed E-state index contributed by atoms with van der Waals surface area (Å²) >= 11 is 0. The van der Waals surface area contributed by atoms with Gasteiger partial charge in [0.15, 0.2) is 15.7 Å². The van der Waals surface area contributed by atoms with E-state index in [-0.39, 0.29) is 36.2 Å². The van der Waals surface area contributed by atoms with Crippen molar-refractivity contribution in [2.24, 2.45) is 5.92 Å². The molecule has 3 aliphatic carbocycles. The predicted molar refractivity (Wildman–Crippen MR) is 145 cm³/mol. The average molecular weight is 573 g/mol. The monoisotopic (exact) mass is 572 g/mol. The Hall–Kier alpha value is -3.00. The zero-order chi connectivity index (χ0) is 28.1. The lowest BCUT2D eigenvalue weighted by atomic mass is 9.76. The number of nitrogens with zero attached hydrogens (tertiary/aromatic N) is 3. The number of oxazole rings is 1. The number of nitrogens with one attached hydrogen (secondary N) is 1. The van der Waals surface area contributed by atoms with Crippen LogP contribution in [0.4, 0.5) is 14.5 Å². The Balaban J connectivity index is 1.32.